The number of carbonyl (C=O) groups excluding carboxylic acids is 2. The molecule has 2 N–H and O–H groups in total. The van der Waals surface area contributed by atoms with Crippen LogP contribution in [0, 0.1) is 0 Å². The molecule has 1 aromatic rings. The van der Waals surface area contributed by atoms with Crippen LogP contribution in [0.2, 0.25) is 5.02 Å². The van der Waals surface area contributed by atoms with Crippen molar-refractivity contribution in [2.45, 2.75) is 18.9 Å². The third kappa shape index (κ3) is 4.21. The lowest BCUT2D eigenvalue weighted by molar-refractivity contribution is 0.0534. The van der Waals surface area contributed by atoms with E-state index in [9.17, 15) is 9.59 Å². The lowest BCUT2D eigenvalue weighted by Gasteiger charge is -2.30. The number of benzene rings is 1. The second kappa shape index (κ2) is 6.72. The molecule has 1 fully saturated rings. The third-order valence-corrected chi connectivity index (χ3v) is 3.60. The molecule has 20 heavy (non-hydrogen) atoms. The Hall–Kier alpha value is -1.59. The fourth-order valence-corrected chi connectivity index (χ4v) is 2.41. The Morgan fingerprint density at radius 1 is 1.25 bits per heavy atom. The number of likely N-dealkylation sites (tertiary alicyclic amines) is 1. The summed E-state index contributed by atoms with van der Waals surface area (Å²) < 4.78 is 4.95. The fraction of sp³-hybridized carbons (Fsp3) is 0.429. The number of ketones is 1. The highest BCUT2D eigenvalue weighted by Gasteiger charge is 2.23. The van der Waals surface area contributed by atoms with E-state index >= 15 is 0 Å². The average molecular weight is 297 g/mol. The second-order valence-corrected chi connectivity index (χ2v) is 5.28. The number of nitrogens with two attached hydrogens (primary N) is 1. The standard InChI is InChI=1S/C14H17ClN2O3/c15-11-3-1-10(2-4-11)13(18)9-17-7-5-12(6-8-17)20-14(16)19/h1-4,12H,5-9H2,(H2,16,19). The van der Waals surface area contributed by atoms with Crippen LogP contribution in [0.1, 0.15) is 23.2 Å². The molecule has 1 heterocycles. The van der Waals surface area contributed by atoms with Crippen LogP contribution >= 0.6 is 11.6 Å². The minimum Gasteiger partial charge on any atom is -0.446 e. The highest BCUT2D eigenvalue weighted by atomic mass is 35.5. The highest BCUT2D eigenvalue weighted by molar-refractivity contribution is 6.30. The van der Waals surface area contributed by atoms with Gasteiger partial charge in [-0.1, -0.05) is 11.6 Å². The summed E-state index contributed by atoms with van der Waals surface area (Å²) in [5, 5.41) is 0.617. The van der Waals surface area contributed by atoms with Crippen LogP contribution < -0.4 is 5.73 Å². The van der Waals surface area contributed by atoms with Crippen LogP contribution in [0.5, 0.6) is 0 Å². The van der Waals surface area contributed by atoms with Crippen molar-refractivity contribution in [3.05, 3.63) is 34.9 Å². The first-order valence-electron chi connectivity index (χ1n) is 6.52. The van der Waals surface area contributed by atoms with Gasteiger partial charge in [0.2, 0.25) is 0 Å². The van der Waals surface area contributed by atoms with Crippen LogP contribution in [0.3, 0.4) is 0 Å². The predicted molar refractivity (Wildman–Crippen MR) is 75.9 cm³/mol. The van der Waals surface area contributed by atoms with Crippen molar-refractivity contribution in [2.24, 2.45) is 5.73 Å². The minimum atomic E-state index is -0.735. The first-order chi connectivity index (χ1) is 9.54. The average Bonchev–Trinajstić information content (AvgIpc) is 2.41. The molecule has 0 saturated carbocycles. The molecule has 0 atom stereocenters. The SMILES string of the molecule is NC(=O)OC1CCN(CC(=O)c2ccc(Cl)cc2)CC1. The van der Waals surface area contributed by atoms with Crippen molar-refractivity contribution in [2.75, 3.05) is 19.6 Å². The minimum absolute atomic E-state index is 0.0657. The summed E-state index contributed by atoms with van der Waals surface area (Å²) in [6.07, 6.45) is 0.545. The van der Waals surface area contributed by atoms with Gasteiger partial charge in [-0.25, -0.2) is 4.79 Å². The topological polar surface area (TPSA) is 72.6 Å². The Labute approximate surface area is 122 Å². The van der Waals surface area contributed by atoms with E-state index in [-0.39, 0.29) is 11.9 Å². The summed E-state index contributed by atoms with van der Waals surface area (Å²) in [5.74, 6) is 0.0657. The zero-order valence-corrected chi connectivity index (χ0v) is 11.8. The van der Waals surface area contributed by atoms with Crippen molar-refractivity contribution < 1.29 is 14.3 Å². The van der Waals surface area contributed by atoms with Crippen LogP contribution in [0.15, 0.2) is 24.3 Å². The van der Waals surface area contributed by atoms with Crippen LogP contribution in [0.25, 0.3) is 0 Å². The van der Waals surface area contributed by atoms with E-state index < -0.39 is 6.09 Å². The van der Waals surface area contributed by atoms with Gasteiger partial charge >= 0.3 is 6.09 Å². The molecular formula is C14H17ClN2O3. The van der Waals surface area contributed by atoms with Gasteiger partial charge in [-0.3, -0.25) is 9.69 Å². The van der Waals surface area contributed by atoms with Crippen LogP contribution in [-0.2, 0) is 4.74 Å². The Morgan fingerprint density at radius 3 is 2.40 bits per heavy atom. The molecule has 0 radical (unpaired) electrons. The maximum absolute atomic E-state index is 12.1. The number of rotatable bonds is 4. The monoisotopic (exact) mass is 296 g/mol. The number of halogens is 1. The smallest absolute Gasteiger partial charge is 0.404 e. The van der Waals surface area contributed by atoms with Crippen molar-refractivity contribution in [3.63, 3.8) is 0 Å². The number of Topliss-reactive ketones (excluding diaryl/α,β-unsaturated/α-hetero) is 1. The molecule has 2 rings (SSSR count). The van der Waals surface area contributed by atoms with E-state index in [1.807, 2.05) is 0 Å². The van der Waals surface area contributed by atoms with Crippen molar-refractivity contribution >= 4 is 23.5 Å². The van der Waals surface area contributed by atoms with Crippen molar-refractivity contribution in [1.82, 2.24) is 4.90 Å². The predicted octanol–water partition coefficient (Wildman–Crippen LogP) is 2.08. The Balaban J connectivity index is 1.82. The Morgan fingerprint density at radius 2 is 1.85 bits per heavy atom. The number of piperidine rings is 1. The van der Waals surface area contributed by atoms with E-state index in [4.69, 9.17) is 22.1 Å². The maximum Gasteiger partial charge on any atom is 0.404 e. The molecule has 1 aliphatic rings. The van der Waals surface area contributed by atoms with Gasteiger partial charge in [-0.2, -0.15) is 0 Å². The Kier molecular flexibility index (Phi) is 4.98. The lowest BCUT2D eigenvalue weighted by Crippen LogP contribution is -2.41. The number of amides is 1. The molecule has 0 aliphatic carbocycles. The quantitative estimate of drug-likeness (QED) is 0.864. The zero-order valence-electron chi connectivity index (χ0n) is 11.0. The molecule has 108 valence electrons. The van der Waals surface area contributed by atoms with E-state index in [2.05, 4.69) is 4.90 Å². The summed E-state index contributed by atoms with van der Waals surface area (Å²) in [4.78, 5) is 24.8. The molecule has 0 spiro atoms. The van der Waals surface area contributed by atoms with E-state index in [0.29, 0.717) is 30.0 Å². The number of carbonyl (C=O) groups is 2. The third-order valence-electron chi connectivity index (χ3n) is 3.35. The number of hydrogen-bond acceptors (Lipinski definition) is 4. The van der Waals surface area contributed by atoms with Gasteiger partial charge in [-0.15, -0.1) is 0 Å². The summed E-state index contributed by atoms with van der Waals surface area (Å²) in [5.41, 5.74) is 5.64. The lowest BCUT2D eigenvalue weighted by atomic mass is 10.1. The van der Waals surface area contributed by atoms with Gasteiger partial charge in [0.1, 0.15) is 6.10 Å². The summed E-state index contributed by atoms with van der Waals surface area (Å²) in [6, 6.07) is 6.88. The summed E-state index contributed by atoms with van der Waals surface area (Å²) >= 11 is 5.79. The van der Waals surface area contributed by atoms with Crippen LogP contribution in [-0.4, -0.2) is 42.5 Å². The first-order valence-corrected chi connectivity index (χ1v) is 6.89. The number of primary amides is 1. The molecule has 0 aromatic heterocycles. The van der Waals surface area contributed by atoms with Gasteiger partial charge in [0.05, 0.1) is 6.54 Å². The first kappa shape index (κ1) is 14.8. The second-order valence-electron chi connectivity index (χ2n) is 4.84. The molecule has 0 bridgehead atoms. The largest absolute Gasteiger partial charge is 0.446 e. The highest BCUT2D eigenvalue weighted by Crippen LogP contribution is 2.15. The number of ether oxygens (including phenoxy) is 1. The normalized spacial score (nSPS) is 16.9. The molecule has 1 aliphatic heterocycles. The molecular weight excluding hydrogens is 280 g/mol. The van der Waals surface area contributed by atoms with Gasteiger partial charge in [-0.05, 0) is 37.1 Å². The molecule has 1 saturated heterocycles. The Bertz CT molecular complexity index is 482. The summed E-state index contributed by atoms with van der Waals surface area (Å²) in [7, 11) is 0. The molecule has 1 amide bonds. The van der Waals surface area contributed by atoms with E-state index in [1.54, 1.807) is 24.3 Å². The molecule has 6 heteroatoms. The molecule has 1 aromatic carbocycles. The maximum atomic E-state index is 12.1. The summed E-state index contributed by atoms with van der Waals surface area (Å²) in [6.45, 7) is 1.81. The van der Waals surface area contributed by atoms with Crippen LogP contribution in [0.4, 0.5) is 4.79 Å². The number of hydrogen-bond donors (Lipinski definition) is 1. The number of nitrogens with zero attached hydrogens (tertiary/aromatic N) is 1. The molecule has 5 nitrogen and oxygen atoms in total. The van der Waals surface area contributed by atoms with Gasteiger partial charge in [0, 0.05) is 23.7 Å². The van der Waals surface area contributed by atoms with Gasteiger partial charge in [0.15, 0.2) is 5.78 Å². The van der Waals surface area contributed by atoms with E-state index in [1.165, 1.54) is 0 Å². The van der Waals surface area contributed by atoms with Crippen molar-refractivity contribution in [3.8, 4) is 0 Å². The zero-order chi connectivity index (χ0) is 14.5. The van der Waals surface area contributed by atoms with Gasteiger partial charge < -0.3 is 10.5 Å². The fourth-order valence-electron chi connectivity index (χ4n) is 2.28. The molecule has 0 unspecified atom stereocenters. The van der Waals surface area contributed by atoms with Gasteiger partial charge in [0.25, 0.3) is 0 Å². The van der Waals surface area contributed by atoms with Crippen molar-refractivity contribution in [1.29, 1.82) is 0 Å². The van der Waals surface area contributed by atoms with E-state index in [0.717, 1.165) is 13.1 Å².